The molecule has 1 N–H and O–H groups in total. The molecule has 17 heavy (non-hydrogen) atoms. The summed E-state index contributed by atoms with van der Waals surface area (Å²) in [6.45, 7) is 4.26. The van der Waals surface area contributed by atoms with Crippen molar-refractivity contribution >= 4 is 17.3 Å². The molecule has 0 spiro atoms. The SMILES string of the molecule is COCOc1ccc(N2CCNCC2)cc1Cl. The van der Waals surface area contributed by atoms with Crippen LogP contribution in [0.4, 0.5) is 5.69 Å². The average molecular weight is 257 g/mol. The molecule has 0 bridgehead atoms. The lowest BCUT2D eigenvalue weighted by atomic mass is 10.2. The summed E-state index contributed by atoms with van der Waals surface area (Å²) in [5.74, 6) is 0.660. The van der Waals surface area contributed by atoms with Gasteiger partial charge in [-0.3, -0.25) is 0 Å². The van der Waals surface area contributed by atoms with E-state index in [1.807, 2.05) is 18.2 Å². The number of nitrogens with zero attached hydrogens (tertiary/aromatic N) is 1. The highest BCUT2D eigenvalue weighted by molar-refractivity contribution is 6.32. The minimum Gasteiger partial charge on any atom is -0.466 e. The van der Waals surface area contributed by atoms with Crippen molar-refractivity contribution < 1.29 is 9.47 Å². The first-order valence-corrected chi connectivity index (χ1v) is 6.06. The molecule has 1 heterocycles. The summed E-state index contributed by atoms with van der Waals surface area (Å²) >= 11 is 6.16. The fraction of sp³-hybridized carbons (Fsp3) is 0.500. The highest BCUT2D eigenvalue weighted by Crippen LogP contribution is 2.29. The average Bonchev–Trinajstić information content (AvgIpc) is 2.38. The minimum absolute atomic E-state index is 0.215. The summed E-state index contributed by atoms with van der Waals surface area (Å²) in [5.41, 5.74) is 1.14. The molecule has 1 aromatic carbocycles. The third-order valence-corrected chi connectivity index (χ3v) is 3.03. The summed E-state index contributed by atoms with van der Waals surface area (Å²) < 4.78 is 10.2. The Balaban J connectivity index is 2.06. The summed E-state index contributed by atoms with van der Waals surface area (Å²) in [4.78, 5) is 2.31. The number of hydrogen-bond donors (Lipinski definition) is 1. The highest BCUT2D eigenvalue weighted by atomic mass is 35.5. The second-order valence-corrected chi connectivity index (χ2v) is 4.31. The number of ether oxygens (including phenoxy) is 2. The number of methoxy groups -OCH3 is 1. The van der Waals surface area contributed by atoms with Crippen LogP contribution in [0.25, 0.3) is 0 Å². The Kier molecular flexibility index (Phi) is 4.48. The quantitative estimate of drug-likeness (QED) is 0.832. The first-order valence-electron chi connectivity index (χ1n) is 5.68. The standard InChI is InChI=1S/C12H17ClN2O2/c1-16-9-17-12-3-2-10(8-11(12)13)15-6-4-14-5-7-15/h2-3,8,14H,4-7,9H2,1H3. The fourth-order valence-corrected chi connectivity index (χ4v) is 2.08. The van der Waals surface area contributed by atoms with E-state index in [1.165, 1.54) is 0 Å². The van der Waals surface area contributed by atoms with Gasteiger partial charge in [-0.05, 0) is 18.2 Å². The molecule has 1 aromatic rings. The van der Waals surface area contributed by atoms with Gasteiger partial charge in [-0.15, -0.1) is 0 Å². The molecular weight excluding hydrogens is 240 g/mol. The largest absolute Gasteiger partial charge is 0.466 e. The van der Waals surface area contributed by atoms with E-state index in [2.05, 4.69) is 10.2 Å². The van der Waals surface area contributed by atoms with Crippen molar-refractivity contribution in [2.45, 2.75) is 0 Å². The predicted molar refractivity (Wildman–Crippen MR) is 69.0 cm³/mol. The molecule has 5 heteroatoms. The number of nitrogens with one attached hydrogen (secondary N) is 1. The topological polar surface area (TPSA) is 33.7 Å². The number of benzene rings is 1. The van der Waals surface area contributed by atoms with Crippen LogP contribution in [0.3, 0.4) is 0 Å². The number of rotatable bonds is 4. The van der Waals surface area contributed by atoms with Crippen molar-refractivity contribution in [1.29, 1.82) is 0 Å². The van der Waals surface area contributed by atoms with Crippen LogP contribution in [0, 0.1) is 0 Å². The lowest BCUT2D eigenvalue weighted by Gasteiger charge is -2.29. The van der Waals surface area contributed by atoms with E-state index < -0.39 is 0 Å². The van der Waals surface area contributed by atoms with Crippen LogP contribution in [0.15, 0.2) is 18.2 Å². The number of piperazine rings is 1. The lowest BCUT2D eigenvalue weighted by molar-refractivity contribution is 0.0512. The summed E-state index contributed by atoms with van der Waals surface area (Å²) in [5, 5.41) is 3.95. The molecule has 1 aliphatic rings. The normalized spacial score (nSPS) is 16.0. The summed E-state index contributed by atoms with van der Waals surface area (Å²) in [6, 6.07) is 5.86. The molecule has 1 fully saturated rings. The molecule has 2 rings (SSSR count). The van der Waals surface area contributed by atoms with Crippen molar-refractivity contribution in [1.82, 2.24) is 5.32 Å². The Morgan fingerprint density at radius 1 is 1.35 bits per heavy atom. The minimum atomic E-state index is 0.215. The van der Waals surface area contributed by atoms with Crippen LogP contribution in [0.5, 0.6) is 5.75 Å². The Bertz CT molecular complexity index is 368. The molecule has 0 amide bonds. The zero-order valence-electron chi connectivity index (χ0n) is 9.91. The van der Waals surface area contributed by atoms with Crippen LogP contribution in [-0.2, 0) is 4.74 Å². The van der Waals surface area contributed by atoms with Gasteiger partial charge in [-0.1, -0.05) is 11.6 Å². The van der Waals surface area contributed by atoms with Gasteiger partial charge in [0.1, 0.15) is 5.75 Å². The molecule has 0 saturated carbocycles. The second kappa shape index (κ2) is 6.10. The molecule has 94 valence electrons. The van der Waals surface area contributed by atoms with Crippen molar-refractivity contribution in [3.63, 3.8) is 0 Å². The van der Waals surface area contributed by atoms with Gasteiger partial charge < -0.3 is 19.7 Å². The van der Waals surface area contributed by atoms with Gasteiger partial charge in [0.25, 0.3) is 0 Å². The van der Waals surface area contributed by atoms with Crippen LogP contribution in [0.1, 0.15) is 0 Å². The van der Waals surface area contributed by atoms with E-state index in [4.69, 9.17) is 21.1 Å². The van der Waals surface area contributed by atoms with Crippen LogP contribution >= 0.6 is 11.6 Å². The third-order valence-electron chi connectivity index (χ3n) is 2.73. The zero-order valence-corrected chi connectivity index (χ0v) is 10.7. The van der Waals surface area contributed by atoms with Gasteiger partial charge in [-0.25, -0.2) is 0 Å². The van der Waals surface area contributed by atoms with Crippen molar-refractivity contribution in [2.75, 3.05) is 45.0 Å². The molecule has 0 atom stereocenters. The molecule has 0 radical (unpaired) electrons. The monoisotopic (exact) mass is 256 g/mol. The molecule has 0 aromatic heterocycles. The molecule has 1 aliphatic heterocycles. The van der Waals surface area contributed by atoms with Gasteiger partial charge in [0.15, 0.2) is 6.79 Å². The van der Waals surface area contributed by atoms with E-state index in [9.17, 15) is 0 Å². The maximum Gasteiger partial charge on any atom is 0.188 e. The zero-order chi connectivity index (χ0) is 12.1. The van der Waals surface area contributed by atoms with Gasteiger partial charge >= 0.3 is 0 Å². The van der Waals surface area contributed by atoms with Crippen LogP contribution in [-0.4, -0.2) is 40.1 Å². The van der Waals surface area contributed by atoms with Gasteiger partial charge in [-0.2, -0.15) is 0 Å². The van der Waals surface area contributed by atoms with E-state index in [1.54, 1.807) is 7.11 Å². The van der Waals surface area contributed by atoms with Crippen LogP contribution in [0.2, 0.25) is 5.02 Å². The van der Waals surface area contributed by atoms with E-state index in [0.29, 0.717) is 10.8 Å². The Morgan fingerprint density at radius 3 is 2.76 bits per heavy atom. The number of hydrogen-bond acceptors (Lipinski definition) is 4. The summed E-state index contributed by atoms with van der Waals surface area (Å²) in [6.07, 6.45) is 0. The Hall–Kier alpha value is -0.970. The van der Waals surface area contributed by atoms with E-state index >= 15 is 0 Å². The predicted octanol–water partition coefficient (Wildman–Crippen LogP) is 1.73. The summed E-state index contributed by atoms with van der Waals surface area (Å²) in [7, 11) is 1.59. The smallest absolute Gasteiger partial charge is 0.188 e. The van der Waals surface area contributed by atoms with Crippen LogP contribution < -0.4 is 15.0 Å². The lowest BCUT2D eigenvalue weighted by Crippen LogP contribution is -2.43. The molecule has 0 aliphatic carbocycles. The number of halogens is 1. The van der Waals surface area contributed by atoms with Gasteiger partial charge in [0.05, 0.1) is 5.02 Å². The molecular formula is C12H17ClN2O2. The molecule has 1 saturated heterocycles. The van der Waals surface area contributed by atoms with E-state index in [-0.39, 0.29) is 6.79 Å². The second-order valence-electron chi connectivity index (χ2n) is 3.90. The first-order chi connectivity index (χ1) is 8.31. The maximum atomic E-state index is 6.16. The van der Waals surface area contributed by atoms with Crippen molar-refractivity contribution in [3.8, 4) is 5.75 Å². The molecule has 4 nitrogen and oxygen atoms in total. The maximum absolute atomic E-state index is 6.16. The Morgan fingerprint density at radius 2 is 2.12 bits per heavy atom. The fourth-order valence-electron chi connectivity index (χ4n) is 1.85. The van der Waals surface area contributed by atoms with Gasteiger partial charge in [0, 0.05) is 39.0 Å². The van der Waals surface area contributed by atoms with Crippen molar-refractivity contribution in [3.05, 3.63) is 23.2 Å². The highest BCUT2D eigenvalue weighted by Gasteiger charge is 2.12. The van der Waals surface area contributed by atoms with E-state index in [0.717, 1.165) is 31.9 Å². The number of anilines is 1. The first kappa shape index (κ1) is 12.5. The molecule has 0 unspecified atom stereocenters. The van der Waals surface area contributed by atoms with Crippen molar-refractivity contribution in [2.24, 2.45) is 0 Å². The van der Waals surface area contributed by atoms with Gasteiger partial charge in [0.2, 0.25) is 0 Å². The Labute approximate surface area is 106 Å². The third kappa shape index (κ3) is 3.25.